The molecule has 190 valence electrons. The molecule has 0 aliphatic carbocycles. The largest absolute Gasteiger partial charge is 0.312 e. The van der Waals surface area contributed by atoms with Gasteiger partial charge in [0.2, 0.25) is 11.8 Å². The van der Waals surface area contributed by atoms with Gasteiger partial charge in [-0.15, -0.1) is 0 Å². The second-order valence-electron chi connectivity index (χ2n) is 10.2. The average Bonchev–Trinajstić information content (AvgIpc) is 3.70. The molecule has 8 rings (SSSR count). The Morgan fingerprint density at radius 3 is 1.87 bits per heavy atom. The van der Waals surface area contributed by atoms with Crippen molar-refractivity contribution in [3.8, 4) is 16.8 Å². The quantitative estimate of drug-likeness (QED) is 0.403. The van der Waals surface area contributed by atoms with Crippen LogP contribution in [0.15, 0.2) is 61.4 Å². The highest BCUT2D eigenvalue weighted by Crippen LogP contribution is 2.40. The van der Waals surface area contributed by atoms with Gasteiger partial charge >= 0.3 is 0 Å². The molecule has 2 aromatic carbocycles. The van der Waals surface area contributed by atoms with Crippen molar-refractivity contribution in [1.82, 2.24) is 14.5 Å². The zero-order valence-electron chi connectivity index (χ0n) is 20.9. The Hall–Kier alpha value is -4.33. The van der Waals surface area contributed by atoms with Gasteiger partial charge in [0, 0.05) is 55.8 Å². The molecule has 0 bridgehead atoms. The number of imidazole rings is 1. The van der Waals surface area contributed by atoms with E-state index in [1.807, 2.05) is 26.9 Å². The molecule has 0 unspecified atom stereocenters. The van der Waals surface area contributed by atoms with Crippen LogP contribution in [-0.2, 0) is 35.3 Å². The van der Waals surface area contributed by atoms with Crippen molar-refractivity contribution >= 4 is 23.2 Å². The zero-order chi connectivity index (χ0) is 25.8. The number of halogens is 1. The second-order valence-corrected chi connectivity index (χ2v) is 10.2. The van der Waals surface area contributed by atoms with Gasteiger partial charge in [-0.3, -0.25) is 14.6 Å². The maximum absolute atomic E-state index is 13.3. The zero-order valence-corrected chi connectivity index (χ0v) is 20.9. The molecule has 0 fully saturated rings. The fourth-order valence-corrected chi connectivity index (χ4v) is 6.19. The summed E-state index contributed by atoms with van der Waals surface area (Å²) in [5.74, 6) is 0.168. The number of hydrogen-bond donors (Lipinski definition) is 0. The molecule has 7 nitrogen and oxygen atoms in total. The van der Waals surface area contributed by atoms with Crippen LogP contribution in [0.2, 0.25) is 0 Å². The average molecular weight is 508 g/mol. The maximum Gasteiger partial charge on any atom is 0.227 e. The number of aromatic nitrogens is 3. The van der Waals surface area contributed by atoms with Crippen LogP contribution >= 0.6 is 0 Å². The first-order valence-corrected chi connectivity index (χ1v) is 13.1. The van der Waals surface area contributed by atoms with Crippen LogP contribution in [0.3, 0.4) is 0 Å². The lowest BCUT2D eigenvalue weighted by atomic mass is 9.94. The molecule has 4 aromatic rings. The van der Waals surface area contributed by atoms with Crippen LogP contribution in [0.4, 0.5) is 15.8 Å². The maximum atomic E-state index is 13.3. The molecule has 0 atom stereocenters. The first-order chi connectivity index (χ1) is 18.5. The van der Waals surface area contributed by atoms with Gasteiger partial charge in [0.05, 0.1) is 23.9 Å². The molecule has 4 aliphatic rings. The first kappa shape index (κ1) is 22.8. The predicted molar refractivity (Wildman–Crippen MR) is 142 cm³/mol. The fourth-order valence-electron chi connectivity index (χ4n) is 6.19. The van der Waals surface area contributed by atoms with E-state index in [0.717, 1.165) is 61.3 Å². The molecule has 4 aliphatic heterocycles. The summed E-state index contributed by atoms with van der Waals surface area (Å²) in [5, 5.41) is 0. The Balaban J connectivity index is 0.000000128. The lowest BCUT2D eigenvalue weighted by Crippen LogP contribution is -2.32. The number of carbonyl (C=O) groups excluding carboxylic acids is 2. The van der Waals surface area contributed by atoms with Gasteiger partial charge in [-0.2, -0.15) is 0 Å². The molecule has 0 spiro atoms. The number of carbonyl (C=O) groups is 2. The number of hydrogen-bond acceptors (Lipinski definition) is 4. The smallest absolute Gasteiger partial charge is 0.227 e. The normalized spacial score (nSPS) is 16.8. The van der Waals surface area contributed by atoms with E-state index in [-0.39, 0.29) is 17.6 Å². The number of rotatable bonds is 2. The van der Waals surface area contributed by atoms with E-state index >= 15 is 0 Å². The molecule has 0 N–H and O–H groups in total. The molecule has 8 heteroatoms. The van der Waals surface area contributed by atoms with Gasteiger partial charge in [-0.05, 0) is 83.8 Å². The molecule has 6 heterocycles. The number of nitrogens with zero attached hydrogens (tertiary/aromatic N) is 5. The van der Waals surface area contributed by atoms with Gasteiger partial charge in [-0.25, -0.2) is 9.37 Å². The Morgan fingerprint density at radius 2 is 1.26 bits per heavy atom. The fraction of sp³-hybridized carbons (Fsp3) is 0.267. The predicted octanol–water partition coefficient (Wildman–Crippen LogP) is 4.43. The highest BCUT2D eigenvalue weighted by Gasteiger charge is 2.32. The number of amides is 2. The minimum atomic E-state index is -0.326. The van der Waals surface area contributed by atoms with Crippen LogP contribution in [0.25, 0.3) is 16.8 Å². The Morgan fingerprint density at radius 1 is 0.658 bits per heavy atom. The summed E-state index contributed by atoms with van der Waals surface area (Å²) in [5.41, 5.74) is 10.2. The highest BCUT2D eigenvalue weighted by atomic mass is 19.1. The highest BCUT2D eigenvalue weighted by molar-refractivity contribution is 6.00. The van der Waals surface area contributed by atoms with Gasteiger partial charge in [0.1, 0.15) is 5.82 Å². The van der Waals surface area contributed by atoms with Crippen molar-refractivity contribution in [2.75, 3.05) is 22.9 Å². The van der Waals surface area contributed by atoms with Gasteiger partial charge in [-0.1, -0.05) is 0 Å². The van der Waals surface area contributed by atoms with E-state index in [2.05, 4.69) is 34.2 Å². The lowest BCUT2D eigenvalue weighted by Gasteiger charge is -2.25. The van der Waals surface area contributed by atoms with Crippen molar-refractivity contribution in [3.63, 3.8) is 0 Å². The van der Waals surface area contributed by atoms with Gasteiger partial charge < -0.3 is 14.4 Å². The third kappa shape index (κ3) is 3.79. The number of anilines is 2. The Labute approximate surface area is 219 Å². The number of benzene rings is 2. The summed E-state index contributed by atoms with van der Waals surface area (Å²) in [6, 6.07) is 10.0. The van der Waals surface area contributed by atoms with Crippen LogP contribution in [0, 0.1) is 5.82 Å². The summed E-state index contributed by atoms with van der Waals surface area (Å²) < 4.78 is 15.3. The molecule has 2 amide bonds. The van der Waals surface area contributed by atoms with Crippen molar-refractivity contribution in [2.24, 2.45) is 0 Å². The van der Waals surface area contributed by atoms with Crippen molar-refractivity contribution in [1.29, 1.82) is 0 Å². The third-order valence-corrected chi connectivity index (χ3v) is 7.93. The summed E-state index contributed by atoms with van der Waals surface area (Å²) in [6.45, 7) is 1.61. The minimum Gasteiger partial charge on any atom is -0.312 e. The monoisotopic (exact) mass is 507 g/mol. The number of pyridine rings is 1. The first-order valence-electron chi connectivity index (χ1n) is 13.1. The van der Waals surface area contributed by atoms with Crippen molar-refractivity contribution in [3.05, 3.63) is 89.5 Å². The van der Waals surface area contributed by atoms with Crippen LogP contribution in [-0.4, -0.2) is 39.4 Å². The molecule has 0 saturated heterocycles. The minimum absolute atomic E-state index is 0.219. The molecular weight excluding hydrogens is 481 g/mol. The van der Waals surface area contributed by atoms with E-state index in [0.29, 0.717) is 12.8 Å². The summed E-state index contributed by atoms with van der Waals surface area (Å²) in [7, 11) is 0. The Bertz CT molecular complexity index is 1600. The van der Waals surface area contributed by atoms with Crippen LogP contribution in [0.1, 0.15) is 35.1 Å². The lowest BCUT2D eigenvalue weighted by molar-refractivity contribution is -0.119. The summed E-state index contributed by atoms with van der Waals surface area (Å²) >= 11 is 0. The van der Waals surface area contributed by atoms with Crippen LogP contribution in [0.5, 0.6) is 0 Å². The van der Waals surface area contributed by atoms with Crippen molar-refractivity contribution in [2.45, 2.75) is 38.5 Å². The third-order valence-electron chi connectivity index (χ3n) is 7.93. The molecule has 0 radical (unpaired) electrons. The molecule has 38 heavy (non-hydrogen) atoms. The molecule has 0 saturated carbocycles. The van der Waals surface area contributed by atoms with E-state index in [1.54, 1.807) is 12.4 Å². The van der Waals surface area contributed by atoms with E-state index in [1.165, 1.54) is 40.2 Å². The standard InChI is InChI=1S/C16H13FN2O.C14H13N3O/c17-14-7-13(8-18-9-14)12-5-10-1-2-15(20)19-4-3-11(6-12)16(10)19;18-13-2-1-10-7-12(16-6-4-15-9-16)8-11-3-5-17(13)14(10)11/h5-9H,1-4H2;4,6-9H,1-3,5H2. The molecule has 2 aromatic heterocycles. The van der Waals surface area contributed by atoms with E-state index in [4.69, 9.17) is 0 Å². The van der Waals surface area contributed by atoms with Gasteiger partial charge in [0.25, 0.3) is 0 Å². The summed E-state index contributed by atoms with van der Waals surface area (Å²) in [6.07, 6.45) is 13.1. The van der Waals surface area contributed by atoms with E-state index in [9.17, 15) is 14.0 Å². The number of aryl methyl sites for hydroxylation is 2. The summed E-state index contributed by atoms with van der Waals surface area (Å²) in [4.78, 5) is 35.6. The van der Waals surface area contributed by atoms with E-state index < -0.39 is 0 Å². The van der Waals surface area contributed by atoms with Gasteiger partial charge in [0.15, 0.2) is 0 Å². The Kier molecular flexibility index (Phi) is 5.35. The molecular formula is C30H26FN5O2. The second kappa shape index (κ2) is 8.90. The SMILES string of the molecule is O=C1CCc2cc(-c3cncc(F)c3)cc3c2N1CC3.O=C1CCc2cc(-n3ccnc3)cc3c2N1CC3. The van der Waals surface area contributed by atoms with Crippen molar-refractivity contribution < 1.29 is 14.0 Å². The van der Waals surface area contributed by atoms with Crippen LogP contribution < -0.4 is 9.80 Å². The topological polar surface area (TPSA) is 71.3 Å².